The predicted molar refractivity (Wildman–Crippen MR) is 117 cm³/mol. The number of nitrogens with zero attached hydrogens (tertiary/aromatic N) is 1. The van der Waals surface area contributed by atoms with Gasteiger partial charge in [-0.25, -0.2) is 0 Å². The molecule has 2 aromatic carbocycles. The molecule has 0 saturated heterocycles. The summed E-state index contributed by atoms with van der Waals surface area (Å²) in [5, 5.41) is 4.98. The van der Waals surface area contributed by atoms with Crippen molar-refractivity contribution >= 4 is 40.4 Å². The van der Waals surface area contributed by atoms with E-state index in [-0.39, 0.29) is 11.8 Å². The van der Waals surface area contributed by atoms with Gasteiger partial charge in [-0.1, -0.05) is 48.0 Å². The molecule has 0 unspecified atom stereocenters. The van der Waals surface area contributed by atoms with Crippen LogP contribution in [0.2, 0.25) is 5.02 Å². The van der Waals surface area contributed by atoms with Crippen LogP contribution < -0.4 is 5.32 Å². The van der Waals surface area contributed by atoms with Crippen molar-refractivity contribution in [3.63, 3.8) is 0 Å². The fourth-order valence-corrected chi connectivity index (χ4v) is 3.57. The van der Waals surface area contributed by atoms with Gasteiger partial charge in [-0.2, -0.15) is 0 Å². The van der Waals surface area contributed by atoms with Gasteiger partial charge in [0, 0.05) is 25.8 Å². The lowest BCUT2D eigenvalue weighted by molar-refractivity contribution is 0.0680. The van der Waals surface area contributed by atoms with E-state index in [0.717, 1.165) is 5.56 Å². The summed E-state index contributed by atoms with van der Waals surface area (Å²) in [6.45, 7) is 1.33. The van der Waals surface area contributed by atoms with E-state index in [0.29, 0.717) is 40.8 Å². The molecule has 0 aliphatic carbocycles. The molecule has 5 nitrogen and oxygen atoms in total. The first kappa shape index (κ1) is 21.0. The molecule has 150 valence electrons. The second-order valence-electron chi connectivity index (χ2n) is 6.33. The number of hydrogen-bond donors (Lipinski definition) is 1. The van der Waals surface area contributed by atoms with Crippen molar-refractivity contribution in [1.29, 1.82) is 0 Å². The number of hydrogen-bond acceptors (Lipinski definition) is 4. The molecular formula is C22H21ClN2O3S. The Balaban J connectivity index is 1.80. The molecule has 0 radical (unpaired) electrons. The van der Waals surface area contributed by atoms with E-state index in [9.17, 15) is 9.59 Å². The van der Waals surface area contributed by atoms with Gasteiger partial charge in [0.25, 0.3) is 11.8 Å². The van der Waals surface area contributed by atoms with E-state index >= 15 is 0 Å². The minimum atomic E-state index is -0.257. The lowest BCUT2D eigenvalue weighted by Crippen LogP contribution is -2.33. The van der Waals surface area contributed by atoms with Gasteiger partial charge < -0.3 is 15.0 Å². The van der Waals surface area contributed by atoms with Gasteiger partial charge in [0.2, 0.25) is 0 Å². The Kier molecular flexibility index (Phi) is 7.41. The van der Waals surface area contributed by atoms with Crippen molar-refractivity contribution in [2.75, 3.05) is 25.6 Å². The number of rotatable bonds is 8. The number of ether oxygens (including phenoxy) is 1. The number of carbonyl (C=O) groups excluding carboxylic acids is 2. The van der Waals surface area contributed by atoms with Gasteiger partial charge in [-0.15, -0.1) is 11.3 Å². The topological polar surface area (TPSA) is 58.6 Å². The molecule has 0 aliphatic rings. The van der Waals surface area contributed by atoms with Gasteiger partial charge in [0.1, 0.15) is 0 Å². The third-order valence-electron chi connectivity index (χ3n) is 4.28. The van der Waals surface area contributed by atoms with Crippen molar-refractivity contribution in [3.05, 3.63) is 87.1 Å². The van der Waals surface area contributed by atoms with Crippen LogP contribution in [-0.2, 0) is 11.3 Å². The van der Waals surface area contributed by atoms with Crippen LogP contribution in [0, 0.1) is 0 Å². The van der Waals surface area contributed by atoms with Crippen LogP contribution in [-0.4, -0.2) is 37.0 Å². The molecule has 29 heavy (non-hydrogen) atoms. The van der Waals surface area contributed by atoms with Crippen LogP contribution in [0.1, 0.15) is 25.6 Å². The van der Waals surface area contributed by atoms with Gasteiger partial charge in [-0.05, 0) is 35.2 Å². The molecule has 1 N–H and O–H groups in total. The third kappa shape index (κ3) is 5.67. The zero-order valence-corrected chi connectivity index (χ0v) is 17.5. The van der Waals surface area contributed by atoms with Crippen LogP contribution in [0.25, 0.3) is 0 Å². The number of benzene rings is 2. The van der Waals surface area contributed by atoms with Crippen LogP contribution in [0.15, 0.2) is 66.0 Å². The van der Waals surface area contributed by atoms with Crippen molar-refractivity contribution in [3.8, 4) is 0 Å². The SMILES string of the molecule is COCCN(Cc1ccccc1)C(=O)c1ccc(Cl)c(NC(=O)c2cccs2)c1. The second-order valence-corrected chi connectivity index (χ2v) is 7.69. The molecule has 1 heterocycles. The van der Waals surface area contributed by atoms with E-state index in [1.165, 1.54) is 11.3 Å². The third-order valence-corrected chi connectivity index (χ3v) is 5.47. The molecule has 0 fully saturated rings. The monoisotopic (exact) mass is 428 g/mol. The summed E-state index contributed by atoms with van der Waals surface area (Å²) in [6, 6.07) is 18.2. The summed E-state index contributed by atoms with van der Waals surface area (Å²) in [6.07, 6.45) is 0. The number of thiophene rings is 1. The average molecular weight is 429 g/mol. The van der Waals surface area contributed by atoms with E-state index in [1.54, 1.807) is 42.3 Å². The molecule has 0 atom stereocenters. The highest BCUT2D eigenvalue weighted by molar-refractivity contribution is 7.12. The smallest absolute Gasteiger partial charge is 0.265 e. The van der Waals surface area contributed by atoms with E-state index < -0.39 is 0 Å². The fourth-order valence-electron chi connectivity index (χ4n) is 2.79. The predicted octanol–water partition coefficient (Wildman–Crippen LogP) is 4.94. The number of anilines is 1. The molecule has 3 rings (SSSR count). The van der Waals surface area contributed by atoms with Crippen LogP contribution in [0.3, 0.4) is 0 Å². The van der Waals surface area contributed by atoms with E-state index in [4.69, 9.17) is 16.3 Å². The average Bonchev–Trinajstić information content (AvgIpc) is 3.28. The Morgan fingerprint density at radius 3 is 2.59 bits per heavy atom. The quantitative estimate of drug-likeness (QED) is 0.552. The maximum absolute atomic E-state index is 13.1. The fraction of sp³-hybridized carbons (Fsp3) is 0.182. The minimum absolute atomic E-state index is 0.158. The Morgan fingerprint density at radius 1 is 1.10 bits per heavy atom. The maximum atomic E-state index is 13.1. The molecule has 0 saturated carbocycles. The minimum Gasteiger partial charge on any atom is -0.383 e. The van der Waals surface area contributed by atoms with Crippen molar-refractivity contribution in [2.24, 2.45) is 0 Å². The number of carbonyl (C=O) groups is 2. The first-order valence-corrected chi connectivity index (χ1v) is 10.3. The number of halogens is 1. The molecule has 0 aliphatic heterocycles. The standard InChI is InChI=1S/C22H21ClN2O3S/c1-28-12-11-25(15-16-6-3-2-4-7-16)22(27)17-9-10-18(23)19(14-17)24-21(26)20-8-5-13-29-20/h2-10,13-14H,11-12,15H2,1H3,(H,24,26). The summed E-state index contributed by atoms with van der Waals surface area (Å²) >= 11 is 7.58. The summed E-state index contributed by atoms with van der Waals surface area (Å²) in [7, 11) is 1.60. The number of amides is 2. The van der Waals surface area contributed by atoms with Gasteiger partial charge in [-0.3, -0.25) is 9.59 Å². The highest BCUT2D eigenvalue weighted by Crippen LogP contribution is 2.25. The Hall–Kier alpha value is -2.67. The second kappa shape index (κ2) is 10.2. The molecule has 3 aromatic rings. The maximum Gasteiger partial charge on any atom is 0.265 e. The first-order valence-electron chi connectivity index (χ1n) is 9.05. The summed E-state index contributed by atoms with van der Waals surface area (Å²) in [5.74, 6) is -0.416. The van der Waals surface area contributed by atoms with Crippen LogP contribution in [0.5, 0.6) is 0 Å². The normalized spacial score (nSPS) is 10.6. The molecule has 1 aromatic heterocycles. The number of nitrogens with one attached hydrogen (secondary N) is 1. The lowest BCUT2D eigenvalue weighted by atomic mass is 10.1. The Bertz CT molecular complexity index is 961. The zero-order valence-electron chi connectivity index (χ0n) is 15.9. The Morgan fingerprint density at radius 2 is 1.90 bits per heavy atom. The van der Waals surface area contributed by atoms with E-state index in [2.05, 4.69) is 5.32 Å². The van der Waals surface area contributed by atoms with Gasteiger partial charge in [0.05, 0.1) is 22.2 Å². The zero-order chi connectivity index (χ0) is 20.6. The van der Waals surface area contributed by atoms with Gasteiger partial charge >= 0.3 is 0 Å². The van der Waals surface area contributed by atoms with Gasteiger partial charge in [0.15, 0.2) is 0 Å². The van der Waals surface area contributed by atoms with E-state index in [1.807, 2.05) is 35.7 Å². The van der Waals surface area contributed by atoms with Crippen LogP contribution >= 0.6 is 22.9 Å². The summed E-state index contributed by atoms with van der Waals surface area (Å²) in [4.78, 5) is 27.8. The highest BCUT2D eigenvalue weighted by atomic mass is 35.5. The van der Waals surface area contributed by atoms with Crippen molar-refractivity contribution in [1.82, 2.24) is 4.90 Å². The molecule has 2 amide bonds. The molecule has 7 heteroatoms. The molecular weight excluding hydrogens is 408 g/mol. The number of methoxy groups -OCH3 is 1. The molecule has 0 bridgehead atoms. The Labute approximate surface area is 178 Å². The molecule has 0 spiro atoms. The summed E-state index contributed by atoms with van der Waals surface area (Å²) < 4.78 is 5.16. The van der Waals surface area contributed by atoms with Crippen molar-refractivity contribution in [2.45, 2.75) is 6.54 Å². The lowest BCUT2D eigenvalue weighted by Gasteiger charge is -2.23. The van der Waals surface area contributed by atoms with Crippen LogP contribution in [0.4, 0.5) is 5.69 Å². The highest BCUT2D eigenvalue weighted by Gasteiger charge is 2.18. The van der Waals surface area contributed by atoms with Crippen molar-refractivity contribution < 1.29 is 14.3 Å². The largest absolute Gasteiger partial charge is 0.383 e. The summed E-state index contributed by atoms with van der Waals surface area (Å²) in [5.41, 5.74) is 1.88. The first-order chi connectivity index (χ1) is 14.1.